The van der Waals surface area contributed by atoms with E-state index in [-0.39, 0.29) is 0 Å². The number of rotatable bonds is 10. The van der Waals surface area contributed by atoms with Crippen molar-refractivity contribution in [2.24, 2.45) is 0 Å². The third-order valence-electron chi connectivity index (χ3n) is 4.15. The van der Waals surface area contributed by atoms with Crippen LogP contribution in [0.3, 0.4) is 0 Å². The molecule has 3 nitrogen and oxygen atoms in total. The Hall–Kier alpha value is -1.26. The maximum absolute atomic E-state index is 10.2. The number of nitrogen functional groups attached to an aromatic ring is 1. The van der Waals surface area contributed by atoms with Gasteiger partial charge in [0.1, 0.15) is 0 Å². The van der Waals surface area contributed by atoms with Crippen LogP contribution in [0.25, 0.3) is 0 Å². The number of anilines is 1. The molecule has 4 N–H and O–H groups in total. The third kappa shape index (κ3) is 6.87. The summed E-state index contributed by atoms with van der Waals surface area (Å²) < 4.78 is 0. The second-order valence-electron chi connectivity index (χ2n) is 6.17. The minimum atomic E-state index is -0.649. The van der Waals surface area contributed by atoms with E-state index in [1.165, 1.54) is 24.8 Å². The topological polar surface area (TPSA) is 58.3 Å². The van der Waals surface area contributed by atoms with Gasteiger partial charge in [-0.25, -0.2) is 0 Å². The number of aliphatic hydroxyl groups is 1. The number of aliphatic hydroxyl groups excluding tert-OH is 1. The molecular formula is C20H25Cl2N2O. The molecule has 25 heavy (non-hydrogen) atoms. The van der Waals surface area contributed by atoms with E-state index in [9.17, 15) is 5.11 Å². The highest BCUT2D eigenvalue weighted by Gasteiger charge is 2.11. The number of benzene rings is 2. The maximum atomic E-state index is 10.2. The zero-order valence-corrected chi connectivity index (χ0v) is 15.8. The van der Waals surface area contributed by atoms with Crippen molar-refractivity contribution in [2.75, 3.05) is 18.8 Å². The summed E-state index contributed by atoms with van der Waals surface area (Å²) in [5, 5.41) is 14.2. The first-order chi connectivity index (χ1) is 12.1. The molecule has 0 amide bonds. The van der Waals surface area contributed by atoms with E-state index in [0.29, 0.717) is 27.8 Å². The van der Waals surface area contributed by atoms with Gasteiger partial charge in [-0.05, 0) is 55.1 Å². The predicted molar refractivity (Wildman–Crippen MR) is 106 cm³/mol. The lowest BCUT2D eigenvalue weighted by atomic mass is 10.1. The van der Waals surface area contributed by atoms with Gasteiger partial charge in [-0.15, -0.1) is 0 Å². The van der Waals surface area contributed by atoms with Crippen molar-refractivity contribution in [3.05, 3.63) is 63.6 Å². The fraction of sp³-hybridized carbons (Fsp3) is 0.400. The Morgan fingerprint density at radius 1 is 1.08 bits per heavy atom. The number of hydrogen-bond acceptors (Lipinski definition) is 3. The molecule has 1 radical (unpaired) electrons. The summed E-state index contributed by atoms with van der Waals surface area (Å²) in [6.07, 6.45) is 5.10. The highest BCUT2D eigenvalue weighted by atomic mass is 35.5. The van der Waals surface area contributed by atoms with E-state index in [2.05, 4.69) is 23.5 Å². The largest absolute Gasteiger partial charge is 0.396 e. The van der Waals surface area contributed by atoms with Crippen molar-refractivity contribution < 1.29 is 5.11 Å². The van der Waals surface area contributed by atoms with Crippen molar-refractivity contribution >= 4 is 28.9 Å². The van der Waals surface area contributed by atoms with Crippen molar-refractivity contribution in [1.82, 2.24) is 5.32 Å². The number of nitrogens with one attached hydrogen (secondary N) is 1. The summed E-state index contributed by atoms with van der Waals surface area (Å²) in [5.41, 5.74) is 8.01. The summed E-state index contributed by atoms with van der Waals surface area (Å²) in [6.45, 7) is 1.35. The van der Waals surface area contributed by atoms with E-state index >= 15 is 0 Å². The van der Waals surface area contributed by atoms with Crippen LogP contribution in [-0.4, -0.2) is 18.2 Å². The Kier molecular flexibility index (Phi) is 8.56. The summed E-state index contributed by atoms with van der Waals surface area (Å²) in [5.74, 6) is 0. The highest BCUT2D eigenvalue weighted by molar-refractivity contribution is 6.38. The molecule has 0 heterocycles. The van der Waals surface area contributed by atoms with Gasteiger partial charge in [0.15, 0.2) is 0 Å². The third-order valence-corrected chi connectivity index (χ3v) is 4.77. The lowest BCUT2D eigenvalue weighted by Crippen LogP contribution is -2.22. The second kappa shape index (κ2) is 10.7. The van der Waals surface area contributed by atoms with Crippen molar-refractivity contribution in [3.63, 3.8) is 0 Å². The molecule has 5 heteroatoms. The number of aryl methyl sites for hydroxylation is 1. The van der Waals surface area contributed by atoms with E-state index in [0.717, 1.165) is 19.4 Å². The number of halogens is 2. The van der Waals surface area contributed by atoms with Gasteiger partial charge in [0.25, 0.3) is 0 Å². The fourth-order valence-corrected chi connectivity index (χ4v) is 3.16. The average Bonchev–Trinajstić information content (AvgIpc) is 2.62. The summed E-state index contributed by atoms with van der Waals surface area (Å²) in [7, 11) is 0. The Labute approximate surface area is 160 Å². The maximum Gasteiger partial charge on any atom is 0.0915 e. The number of hydrogen-bond donors (Lipinski definition) is 3. The van der Waals surface area contributed by atoms with Gasteiger partial charge >= 0.3 is 0 Å². The minimum absolute atomic E-state index is 0.348. The Morgan fingerprint density at radius 3 is 2.48 bits per heavy atom. The van der Waals surface area contributed by atoms with Gasteiger partial charge in [0.2, 0.25) is 0 Å². The molecule has 1 atom stereocenters. The number of nitrogens with two attached hydrogens (primary N) is 1. The molecule has 0 bridgehead atoms. The van der Waals surface area contributed by atoms with Crippen LogP contribution in [0.15, 0.2) is 36.4 Å². The van der Waals surface area contributed by atoms with Crippen LogP contribution in [0.1, 0.15) is 42.9 Å². The predicted octanol–water partition coefficient (Wildman–Crippen LogP) is 4.80. The normalized spacial score (nSPS) is 12.3. The first-order valence-electron chi connectivity index (χ1n) is 8.66. The first kappa shape index (κ1) is 20.1. The summed E-state index contributed by atoms with van der Waals surface area (Å²) in [4.78, 5) is 0. The quantitative estimate of drug-likeness (QED) is 0.410. The first-order valence-corrected chi connectivity index (χ1v) is 9.42. The van der Waals surface area contributed by atoms with Gasteiger partial charge in [0, 0.05) is 6.54 Å². The van der Waals surface area contributed by atoms with Gasteiger partial charge in [0.05, 0.1) is 21.8 Å². The molecule has 0 aliphatic rings. The lowest BCUT2D eigenvalue weighted by molar-refractivity contribution is 0.174. The molecule has 1 unspecified atom stereocenters. The van der Waals surface area contributed by atoms with Crippen LogP contribution in [-0.2, 0) is 6.42 Å². The molecule has 0 spiro atoms. The average molecular weight is 380 g/mol. The van der Waals surface area contributed by atoms with Gasteiger partial charge in [-0.3, -0.25) is 0 Å². The van der Waals surface area contributed by atoms with Crippen LogP contribution in [0.4, 0.5) is 5.69 Å². The fourth-order valence-electron chi connectivity index (χ4n) is 2.66. The Morgan fingerprint density at radius 2 is 1.80 bits per heavy atom. The smallest absolute Gasteiger partial charge is 0.0915 e. The standard InChI is InChI=1S/C20H25Cl2N2O/c21-17-12-16(13-18(22)20(17)23)19(25)14-24-11-7-2-1-4-8-15-9-5-3-6-10-15/h3,5-6,9,12-13,19,24-25H,1-2,4,7-8,11,14,23H2. The molecule has 0 saturated heterocycles. The van der Waals surface area contributed by atoms with Gasteiger partial charge < -0.3 is 16.2 Å². The van der Waals surface area contributed by atoms with Crippen LogP contribution in [0.5, 0.6) is 0 Å². The van der Waals surface area contributed by atoms with E-state index in [1.54, 1.807) is 12.1 Å². The molecule has 0 aliphatic carbocycles. The minimum Gasteiger partial charge on any atom is -0.396 e. The molecule has 2 aromatic carbocycles. The molecule has 0 aliphatic heterocycles. The molecule has 0 saturated carbocycles. The Balaban J connectivity index is 1.57. The van der Waals surface area contributed by atoms with Crippen molar-refractivity contribution in [2.45, 2.75) is 38.2 Å². The summed E-state index contributed by atoms with van der Waals surface area (Å²) in [6, 6.07) is 14.7. The SMILES string of the molecule is Nc1c(Cl)cc(C(O)CNCCCCCCc2[c]cccc2)cc1Cl. The van der Waals surface area contributed by atoms with E-state index < -0.39 is 6.10 Å². The van der Waals surface area contributed by atoms with E-state index in [1.807, 2.05) is 12.1 Å². The molecule has 2 rings (SSSR count). The van der Waals surface area contributed by atoms with Gasteiger partial charge in [-0.2, -0.15) is 0 Å². The molecular weight excluding hydrogens is 355 g/mol. The van der Waals surface area contributed by atoms with Crippen LogP contribution in [0.2, 0.25) is 10.0 Å². The second-order valence-corrected chi connectivity index (χ2v) is 6.98. The Bertz CT molecular complexity index is 626. The van der Waals surface area contributed by atoms with Crippen LogP contribution >= 0.6 is 23.2 Å². The van der Waals surface area contributed by atoms with Crippen LogP contribution in [0, 0.1) is 6.07 Å². The molecule has 0 fully saturated rings. The number of unbranched alkanes of at least 4 members (excludes halogenated alkanes) is 3. The van der Waals surface area contributed by atoms with Crippen molar-refractivity contribution in [3.8, 4) is 0 Å². The van der Waals surface area contributed by atoms with Crippen molar-refractivity contribution in [1.29, 1.82) is 0 Å². The summed E-state index contributed by atoms with van der Waals surface area (Å²) >= 11 is 12.0. The van der Waals surface area contributed by atoms with Gasteiger partial charge in [-0.1, -0.05) is 60.3 Å². The molecule has 2 aromatic rings. The lowest BCUT2D eigenvalue weighted by Gasteiger charge is -2.14. The molecule has 135 valence electrons. The van der Waals surface area contributed by atoms with Crippen LogP contribution < -0.4 is 11.1 Å². The van der Waals surface area contributed by atoms with E-state index in [4.69, 9.17) is 28.9 Å². The zero-order valence-electron chi connectivity index (χ0n) is 14.3. The zero-order chi connectivity index (χ0) is 18.1. The highest BCUT2D eigenvalue weighted by Crippen LogP contribution is 2.31. The monoisotopic (exact) mass is 379 g/mol. The molecule has 0 aromatic heterocycles.